The number of amides is 2. The van der Waals surface area contributed by atoms with Crippen LogP contribution in [0.5, 0.6) is 5.75 Å². The number of anilines is 1. The highest BCUT2D eigenvalue weighted by molar-refractivity contribution is 6.31. The minimum atomic E-state index is -0.341. The predicted molar refractivity (Wildman–Crippen MR) is 108 cm³/mol. The van der Waals surface area contributed by atoms with Crippen LogP contribution in [-0.4, -0.2) is 37.4 Å². The van der Waals surface area contributed by atoms with Crippen molar-refractivity contribution in [3.8, 4) is 5.75 Å². The first-order chi connectivity index (χ1) is 13.0. The summed E-state index contributed by atoms with van der Waals surface area (Å²) in [7, 11) is 3.10. The highest BCUT2D eigenvalue weighted by Crippen LogP contribution is 2.27. The summed E-state index contributed by atoms with van der Waals surface area (Å²) < 4.78 is 5.21. The second kappa shape index (κ2) is 8.10. The molecule has 0 fully saturated rings. The fourth-order valence-electron chi connectivity index (χ4n) is 2.80. The zero-order valence-electron chi connectivity index (χ0n) is 15.0. The zero-order valence-corrected chi connectivity index (χ0v) is 15.8. The fourth-order valence-corrected chi connectivity index (χ4v) is 2.97. The molecule has 0 unspecified atom stereocenters. The SMILES string of the molecule is COc1ccc(Cl)cc1NC(=O)CN(C)C(=O)c1ccc2ccccc2c1. The lowest BCUT2D eigenvalue weighted by molar-refractivity contribution is -0.116. The van der Waals surface area contributed by atoms with Crippen LogP contribution in [0, 0.1) is 0 Å². The topological polar surface area (TPSA) is 58.6 Å². The zero-order chi connectivity index (χ0) is 19.4. The molecule has 6 heteroatoms. The van der Waals surface area contributed by atoms with Gasteiger partial charge in [-0.15, -0.1) is 0 Å². The third kappa shape index (κ3) is 4.38. The largest absolute Gasteiger partial charge is 0.495 e. The smallest absolute Gasteiger partial charge is 0.254 e. The molecule has 2 amide bonds. The van der Waals surface area contributed by atoms with Gasteiger partial charge in [-0.2, -0.15) is 0 Å². The Morgan fingerprint density at radius 1 is 1.04 bits per heavy atom. The number of hydrogen-bond acceptors (Lipinski definition) is 3. The standard InChI is InChI=1S/C21H19ClN2O3/c1-24(13-20(25)23-18-12-17(22)9-10-19(18)27-2)21(26)16-8-7-14-5-3-4-6-15(14)11-16/h3-12H,13H2,1-2H3,(H,23,25). The molecule has 0 atom stereocenters. The molecule has 27 heavy (non-hydrogen) atoms. The predicted octanol–water partition coefficient (Wildman–Crippen LogP) is 4.21. The molecule has 0 saturated carbocycles. The van der Waals surface area contributed by atoms with E-state index in [1.165, 1.54) is 12.0 Å². The maximum atomic E-state index is 12.7. The summed E-state index contributed by atoms with van der Waals surface area (Å²) in [6.45, 7) is -0.0959. The molecule has 3 rings (SSSR count). The van der Waals surface area contributed by atoms with Crippen LogP contribution in [0.3, 0.4) is 0 Å². The first-order valence-electron chi connectivity index (χ1n) is 8.35. The molecule has 0 aliphatic rings. The number of carbonyl (C=O) groups is 2. The van der Waals surface area contributed by atoms with Crippen LogP contribution in [0.1, 0.15) is 10.4 Å². The normalized spacial score (nSPS) is 10.5. The number of hydrogen-bond donors (Lipinski definition) is 1. The second-order valence-corrected chi connectivity index (χ2v) is 6.55. The molecule has 3 aromatic carbocycles. The average Bonchev–Trinajstić information content (AvgIpc) is 2.67. The second-order valence-electron chi connectivity index (χ2n) is 6.12. The van der Waals surface area contributed by atoms with E-state index in [1.54, 1.807) is 31.3 Å². The van der Waals surface area contributed by atoms with Gasteiger partial charge in [-0.1, -0.05) is 41.9 Å². The highest BCUT2D eigenvalue weighted by atomic mass is 35.5. The number of likely N-dealkylation sites (N-methyl/N-ethyl adjacent to an activating group) is 1. The number of halogens is 1. The van der Waals surface area contributed by atoms with E-state index in [-0.39, 0.29) is 18.4 Å². The molecule has 0 aliphatic carbocycles. The summed E-state index contributed by atoms with van der Waals surface area (Å²) in [4.78, 5) is 26.4. The molecule has 0 spiro atoms. The summed E-state index contributed by atoms with van der Waals surface area (Å²) in [6.07, 6.45) is 0. The van der Waals surface area contributed by atoms with Crippen molar-refractivity contribution in [2.24, 2.45) is 0 Å². The van der Waals surface area contributed by atoms with E-state index in [4.69, 9.17) is 16.3 Å². The number of nitrogens with one attached hydrogen (secondary N) is 1. The van der Waals surface area contributed by atoms with E-state index in [0.717, 1.165) is 10.8 Å². The van der Waals surface area contributed by atoms with Gasteiger partial charge < -0.3 is 15.0 Å². The fraction of sp³-hybridized carbons (Fsp3) is 0.143. The Morgan fingerprint density at radius 2 is 1.78 bits per heavy atom. The lowest BCUT2D eigenvalue weighted by atomic mass is 10.1. The first kappa shape index (κ1) is 18.7. The van der Waals surface area contributed by atoms with E-state index in [0.29, 0.717) is 22.0 Å². The highest BCUT2D eigenvalue weighted by Gasteiger charge is 2.16. The Hall–Kier alpha value is -3.05. The summed E-state index contributed by atoms with van der Waals surface area (Å²) in [5.41, 5.74) is 0.992. The number of rotatable bonds is 5. The molecule has 3 aromatic rings. The van der Waals surface area contributed by atoms with Crippen molar-refractivity contribution >= 4 is 39.9 Å². The van der Waals surface area contributed by atoms with Gasteiger partial charge in [0, 0.05) is 17.6 Å². The van der Waals surface area contributed by atoms with Gasteiger partial charge in [-0.3, -0.25) is 9.59 Å². The van der Waals surface area contributed by atoms with E-state index < -0.39 is 0 Å². The molecule has 5 nitrogen and oxygen atoms in total. The van der Waals surface area contributed by atoms with E-state index in [2.05, 4.69) is 5.32 Å². The molecule has 0 radical (unpaired) electrons. The van der Waals surface area contributed by atoms with Crippen molar-refractivity contribution in [1.82, 2.24) is 4.90 Å². The molecule has 0 aromatic heterocycles. The van der Waals surface area contributed by atoms with Gasteiger partial charge in [-0.05, 0) is 41.1 Å². The lowest BCUT2D eigenvalue weighted by Crippen LogP contribution is -2.35. The van der Waals surface area contributed by atoms with Gasteiger partial charge in [0.1, 0.15) is 5.75 Å². The Balaban J connectivity index is 1.70. The molecule has 138 valence electrons. The van der Waals surface area contributed by atoms with Crippen molar-refractivity contribution in [2.75, 3.05) is 26.0 Å². The Morgan fingerprint density at radius 3 is 2.52 bits per heavy atom. The molecule has 0 aliphatic heterocycles. The van der Waals surface area contributed by atoms with Gasteiger partial charge in [0.2, 0.25) is 5.91 Å². The quantitative estimate of drug-likeness (QED) is 0.719. The van der Waals surface area contributed by atoms with Crippen LogP contribution in [-0.2, 0) is 4.79 Å². The van der Waals surface area contributed by atoms with Crippen LogP contribution in [0.15, 0.2) is 60.7 Å². The molecule has 0 heterocycles. The molecular formula is C21H19ClN2O3. The number of fused-ring (bicyclic) bond motifs is 1. The number of benzene rings is 3. The number of carbonyl (C=O) groups excluding carboxylic acids is 2. The summed E-state index contributed by atoms with van der Waals surface area (Å²) in [5, 5.41) is 5.24. The number of nitrogens with zero attached hydrogens (tertiary/aromatic N) is 1. The van der Waals surface area contributed by atoms with E-state index in [1.807, 2.05) is 36.4 Å². The van der Waals surface area contributed by atoms with Crippen LogP contribution in [0.2, 0.25) is 5.02 Å². The van der Waals surface area contributed by atoms with E-state index in [9.17, 15) is 9.59 Å². The third-order valence-corrected chi connectivity index (χ3v) is 4.39. The van der Waals surface area contributed by atoms with Gasteiger partial charge in [0.25, 0.3) is 5.91 Å². The average molecular weight is 383 g/mol. The van der Waals surface area contributed by atoms with Crippen LogP contribution in [0.25, 0.3) is 10.8 Å². The van der Waals surface area contributed by atoms with Crippen molar-refractivity contribution in [3.63, 3.8) is 0 Å². The van der Waals surface area contributed by atoms with Crippen LogP contribution in [0.4, 0.5) is 5.69 Å². The maximum absolute atomic E-state index is 12.7. The summed E-state index contributed by atoms with van der Waals surface area (Å²) in [6, 6.07) is 18.2. The maximum Gasteiger partial charge on any atom is 0.254 e. The number of ether oxygens (including phenoxy) is 1. The van der Waals surface area contributed by atoms with Crippen LogP contribution >= 0.6 is 11.6 Å². The van der Waals surface area contributed by atoms with Gasteiger partial charge in [-0.25, -0.2) is 0 Å². The number of methoxy groups -OCH3 is 1. The minimum Gasteiger partial charge on any atom is -0.495 e. The van der Waals surface area contributed by atoms with Gasteiger partial charge >= 0.3 is 0 Å². The molecule has 1 N–H and O–H groups in total. The summed E-state index contributed by atoms with van der Waals surface area (Å²) in [5.74, 6) is -0.0718. The van der Waals surface area contributed by atoms with Crippen molar-refractivity contribution in [3.05, 3.63) is 71.2 Å². The van der Waals surface area contributed by atoms with Crippen molar-refractivity contribution < 1.29 is 14.3 Å². The monoisotopic (exact) mass is 382 g/mol. The molecular weight excluding hydrogens is 364 g/mol. The van der Waals surface area contributed by atoms with Gasteiger partial charge in [0.15, 0.2) is 0 Å². The molecule has 0 saturated heterocycles. The summed E-state index contributed by atoms with van der Waals surface area (Å²) >= 11 is 5.97. The Bertz CT molecular complexity index is 1000. The van der Waals surface area contributed by atoms with Crippen LogP contribution < -0.4 is 10.1 Å². The first-order valence-corrected chi connectivity index (χ1v) is 8.73. The van der Waals surface area contributed by atoms with Gasteiger partial charge in [0.05, 0.1) is 19.3 Å². The Labute approximate surface area is 162 Å². The van der Waals surface area contributed by atoms with Crippen molar-refractivity contribution in [2.45, 2.75) is 0 Å². The third-order valence-electron chi connectivity index (χ3n) is 4.16. The lowest BCUT2D eigenvalue weighted by Gasteiger charge is -2.18. The minimum absolute atomic E-state index is 0.0959. The van der Waals surface area contributed by atoms with Crippen molar-refractivity contribution in [1.29, 1.82) is 0 Å². The Kier molecular flexibility index (Phi) is 5.62. The molecule has 0 bridgehead atoms. The van der Waals surface area contributed by atoms with E-state index >= 15 is 0 Å².